The standard InChI is InChI=1S/C39H49F3N2O5/c1-25-32(35(36(45)46)49-37(2,3)4)34(44-18-16-38(5,6)17-19-44)33(31(43-25)24-47-23-27-21-39(41,42)22-27)28-9-13-30(14-10-28)48-20-15-26-7-11-29(40)12-8-26/h7-14,27,35H,15-24H2,1-6H3,(H,45,46)/t35-/m0/s1. The maximum Gasteiger partial charge on any atom is 0.337 e. The van der Waals surface area contributed by atoms with Gasteiger partial charge < -0.3 is 24.2 Å². The van der Waals surface area contributed by atoms with Crippen LogP contribution in [0, 0.1) is 24.1 Å². The number of hydrogen-bond acceptors (Lipinski definition) is 6. The van der Waals surface area contributed by atoms with Gasteiger partial charge in [-0.1, -0.05) is 38.1 Å². The first-order valence-electron chi connectivity index (χ1n) is 17.1. The van der Waals surface area contributed by atoms with Gasteiger partial charge in [-0.05, 0) is 87.3 Å². The van der Waals surface area contributed by atoms with E-state index in [0.29, 0.717) is 48.8 Å². The van der Waals surface area contributed by atoms with Crippen LogP contribution in [0.3, 0.4) is 0 Å². The number of benzene rings is 2. The molecule has 0 amide bonds. The lowest BCUT2D eigenvalue weighted by Gasteiger charge is -2.41. The van der Waals surface area contributed by atoms with Gasteiger partial charge in [-0.25, -0.2) is 18.0 Å². The Hall–Kier alpha value is -3.63. The minimum atomic E-state index is -2.63. The van der Waals surface area contributed by atoms with E-state index in [-0.39, 0.29) is 43.2 Å². The van der Waals surface area contributed by atoms with Crippen molar-refractivity contribution in [3.63, 3.8) is 0 Å². The molecule has 1 saturated heterocycles. The summed E-state index contributed by atoms with van der Waals surface area (Å²) in [6.45, 7) is 13.9. The Kier molecular flexibility index (Phi) is 11.0. The number of alkyl halides is 2. The average molecular weight is 683 g/mol. The van der Waals surface area contributed by atoms with Crippen LogP contribution in [0.2, 0.25) is 0 Å². The van der Waals surface area contributed by atoms with Crippen molar-refractivity contribution < 1.29 is 37.3 Å². The zero-order valence-corrected chi connectivity index (χ0v) is 29.5. The largest absolute Gasteiger partial charge is 0.493 e. The highest BCUT2D eigenvalue weighted by atomic mass is 19.3. The Balaban J connectivity index is 1.54. The van der Waals surface area contributed by atoms with Gasteiger partial charge in [0.2, 0.25) is 5.92 Å². The van der Waals surface area contributed by atoms with Crippen LogP contribution in [-0.2, 0) is 27.3 Å². The lowest BCUT2D eigenvalue weighted by Crippen LogP contribution is -2.39. The minimum Gasteiger partial charge on any atom is -0.493 e. The van der Waals surface area contributed by atoms with E-state index in [1.165, 1.54) is 12.1 Å². The quantitative estimate of drug-likeness (QED) is 0.193. The first-order valence-corrected chi connectivity index (χ1v) is 17.1. The van der Waals surface area contributed by atoms with Crippen molar-refractivity contribution in [3.8, 4) is 16.9 Å². The van der Waals surface area contributed by atoms with Gasteiger partial charge >= 0.3 is 5.97 Å². The molecule has 49 heavy (non-hydrogen) atoms. The summed E-state index contributed by atoms with van der Waals surface area (Å²) in [5.41, 5.74) is 4.26. The smallest absolute Gasteiger partial charge is 0.337 e. The van der Waals surface area contributed by atoms with E-state index in [4.69, 9.17) is 19.2 Å². The maximum atomic E-state index is 13.5. The van der Waals surface area contributed by atoms with Crippen molar-refractivity contribution in [2.24, 2.45) is 11.3 Å². The van der Waals surface area contributed by atoms with Crippen LogP contribution in [0.4, 0.5) is 18.9 Å². The number of hydrogen-bond donors (Lipinski definition) is 1. The highest BCUT2D eigenvalue weighted by molar-refractivity contribution is 5.88. The molecule has 5 rings (SSSR count). The number of ether oxygens (including phenoxy) is 3. The van der Waals surface area contributed by atoms with E-state index in [0.717, 1.165) is 35.2 Å². The molecule has 2 fully saturated rings. The Morgan fingerprint density at radius 1 is 1.04 bits per heavy atom. The van der Waals surface area contributed by atoms with E-state index in [9.17, 15) is 23.1 Å². The number of carboxylic acid groups (broad SMARTS) is 1. The normalized spacial score (nSPS) is 18.2. The van der Waals surface area contributed by atoms with Gasteiger partial charge in [0.1, 0.15) is 11.6 Å². The van der Waals surface area contributed by atoms with Crippen LogP contribution >= 0.6 is 0 Å². The Labute approximate surface area is 287 Å². The third-order valence-corrected chi connectivity index (χ3v) is 9.35. The zero-order valence-electron chi connectivity index (χ0n) is 29.5. The summed E-state index contributed by atoms with van der Waals surface area (Å²) in [5.74, 6) is -3.59. The number of rotatable bonds is 13. The molecule has 0 bridgehead atoms. The van der Waals surface area contributed by atoms with E-state index in [1.807, 2.05) is 45.0 Å². The predicted molar refractivity (Wildman–Crippen MR) is 184 cm³/mol. The van der Waals surface area contributed by atoms with Crippen molar-refractivity contribution >= 4 is 11.7 Å². The van der Waals surface area contributed by atoms with Crippen molar-refractivity contribution in [3.05, 3.63) is 76.9 Å². The molecule has 0 unspecified atom stereocenters. The van der Waals surface area contributed by atoms with Crippen LogP contribution in [0.15, 0.2) is 48.5 Å². The molecule has 1 N–H and O–H groups in total. The number of carboxylic acids is 1. The number of nitrogens with zero attached hydrogens (tertiary/aromatic N) is 2. The number of pyridine rings is 1. The van der Waals surface area contributed by atoms with E-state index < -0.39 is 23.6 Å². The third-order valence-electron chi connectivity index (χ3n) is 9.35. The molecular formula is C39H49F3N2O5. The molecule has 266 valence electrons. The van der Waals surface area contributed by atoms with Crippen molar-refractivity contribution in [2.75, 3.05) is 31.2 Å². The van der Waals surface area contributed by atoms with Crippen LogP contribution in [0.5, 0.6) is 5.75 Å². The Bertz CT molecular complexity index is 1580. The molecule has 1 aliphatic heterocycles. The summed E-state index contributed by atoms with van der Waals surface area (Å²) in [5, 5.41) is 10.6. The summed E-state index contributed by atoms with van der Waals surface area (Å²) in [4.78, 5) is 20.1. The van der Waals surface area contributed by atoms with Gasteiger partial charge in [-0.15, -0.1) is 0 Å². The first kappa shape index (κ1) is 36.6. The SMILES string of the molecule is Cc1nc(COCC2CC(F)(F)C2)c(-c2ccc(OCCc3ccc(F)cc3)cc2)c(N2CCC(C)(C)CC2)c1[C@H](OC(C)(C)C)C(=O)O. The lowest BCUT2D eigenvalue weighted by atomic mass is 9.81. The zero-order chi connectivity index (χ0) is 35.6. The molecule has 10 heteroatoms. The molecule has 7 nitrogen and oxygen atoms in total. The molecule has 0 spiro atoms. The second-order valence-electron chi connectivity index (χ2n) is 15.3. The van der Waals surface area contributed by atoms with E-state index in [2.05, 4.69) is 18.7 Å². The van der Waals surface area contributed by atoms with Crippen molar-refractivity contribution in [1.29, 1.82) is 0 Å². The molecule has 1 aliphatic carbocycles. The number of halogens is 3. The number of anilines is 1. The fourth-order valence-corrected chi connectivity index (χ4v) is 6.61. The summed E-state index contributed by atoms with van der Waals surface area (Å²) in [7, 11) is 0. The van der Waals surface area contributed by atoms with Crippen LogP contribution < -0.4 is 9.64 Å². The molecule has 2 aliphatic rings. The second-order valence-corrected chi connectivity index (χ2v) is 15.3. The Morgan fingerprint density at radius 3 is 2.24 bits per heavy atom. The van der Waals surface area contributed by atoms with Gasteiger partial charge in [0.05, 0.1) is 36.8 Å². The predicted octanol–water partition coefficient (Wildman–Crippen LogP) is 8.95. The van der Waals surface area contributed by atoms with Crippen molar-refractivity contribution in [2.45, 2.75) is 97.9 Å². The van der Waals surface area contributed by atoms with Crippen LogP contribution in [0.25, 0.3) is 11.1 Å². The molecule has 2 aromatic carbocycles. The molecule has 1 saturated carbocycles. The lowest BCUT2D eigenvalue weighted by molar-refractivity contribution is -0.160. The van der Waals surface area contributed by atoms with Crippen LogP contribution in [-0.4, -0.2) is 53.9 Å². The number of carbonyl (C=O) groups is 1. The summed E-state index contributed by atoms with van der Waals surface area (Å²) >= 11 is 0. The number of aryl methyl sites for hydroxylation is 1. The van der Waals surface area contributed by atoms with Crippen LogP contribution in [0.1, 0.15) is 88.9 Å². The molecule has 3 aromatic rings. The molecule has 1 atom stereocenters. The third kappa shape index (κ3) is 9.54. The highest BCUT2D eigenvalue weighted by Crippen LogP contribution is 2.46. The monoisotopic (exact) mass is 682 g/mol. The summed E-state index contributed by atoms with van der Waals surface area (Å²) in [6.07, 6.45) is 0.778. The van der Waals surface area contributed by atoms with Crippen molar-refractivity contribution in [1.82, 2.24) is 4.98 Å². The number of aliphatic carboxylic acids is 1. The topological polar surface area (TPSA) is 81.1 Å². The molecule has 0 radical (unpaired) electrons. The molecule has 2 heterocycles. The highest BCUT2D eigenvalue weighted by Gasteiger charge is 2.45. The second kappa shape index (κ2) is 14.7. The van der Waals surface area contributed by atoms with E-state index >= 15 is 0 Å². The first-order chi connectivity index (χ1) is 23.0. The van der Waals surface area contributed by atoms with Gasteiger partial charge in [0, 0.05) is 49.2 Å². The minimum absolute atomic E-state index is 0.0820. The van der Waals surface area contributed by atoms with E-state index in [1.54, 1.807) is 19.1 Å². The number of piperidine rings is 1. The maximum absolute atomic E-state index is 13.5. The van der Waals surface area contributed by atoms with Gasteiger partial charge in [-0.2, -0.15) is 0 Å². The summed E-state index contributed by atoms with van der Waals surface area (Å²) < 4.78 is 58.7. The van der Waals surface area contributed by atoms with Gasteiger partial charge in [0.15, 0.2) is 6.10 Å². The average Bonchev–Trinajstić information content (AvgIpc) is 3.00. The fourth-order valence-electron chi connectivity index (χ4n) is 6.61. The summed E-state index contributed by atoms with van der Waals surface area (Å²) in [6, 6.07) is 13.9. The van der Waals surface area contributed by atoms with Gasteiger partial charge in [0.25, 0.3) is 0 Å². The molecule has 1 aromatic heterocycles. The molecular weight excluding hydrogens is 633 g/mol. The fraction of sp³-hybridized carbons (Fsp3) is 0.538. The Morgan fingerprint density at radius 2 is 1.67 bits per heavy atom. The number of aromatic nitrogens is 1. The van der Waals surface area contributed by atoms with Gasteiger partial charge in [-0.3, -0.25) is 4.98 Å².